The molecule has 1 atom stereocenters. The number of unbranched alkanes of at least 4 members (excludes halogenated alkanes) is 1. The Morgan fingerprint density at radius 3 is 2.87 bits per heavy atom. The smallest absolute Gasteiger partial charge is 0.261 e. The molecule has 0 N–H and O–H groups in total. The summed E-state index contributed by atoms with van der Waals surface area (Å²) in [5.74, 6) is 1.33. The highest BCUT2D eigenvalue weighted by molar-refractivity contribution is 6.19. The van der Waals surface area contributed by atoms with E-state index in [1.807, 2.05) is 37.4 Å². The number of likely N-dealkylation sites (tertiary alicyclic amines) is 1. The molecule has 1 saturated heterocycles. The van der Waals surface area contributed by atoms with Gasteiger partial charge < -0.3 is 14.5 Å². The quantitative estimate of drug-likeness (QED) is 0.451. The number of aromatic nitrogens is 1. The molecule has 0 bridgehead atoms. The number of halogens is 1. The maximum Gasteiger partial charge on any atom is 0.261 e. The van der Waals surface area contributed by atoms with Crippen LogP contribution in [0.15, 0.2) is 54.6 Å². The van der Waals surface area contributed by atoms with Crippen LogP contribution in [0.2, 0.25) is 0 Å². The molecular formula is C25H30ClN3O2. The molecule has 5 nitrogen and oxygen atoms in total. The molecule has 6 heteroatoms. The molecule has 0 radical (unpaired) electrons. The lowest BCUT2D eigenvalue weighted by Gasteiger charge is -2.32. The Labute approximate surface area is 189 Å². The minimum atomic E-state index is -0.0346. The summed E-state index contributed by atoms with van der Waals surface area (Å²) in [6.45, 7) is 5.87. The largest absolute Gasteiger partial charge is 0.462 e. The van der Waals surface area contributed by atoms with Gasteiger partial charge in [-0.25, -0.2) is 0 Å². The molecule has 0 saturated carbocycles. The number of hydrogen-bond acceptors (Lipinski definition) is 4. The van der Waals surface area contributed by atoms with Gasteiger partial charge in [-0.2, -0.15) is 0 Å². The fourth-order valence-corrected chi connectivity index (χ4v) is 4.65. The highest BCUT2D eigenvalue weighted by atomic mass is 35.5. The van der Waals surface area contributed by atoms with Crippen molar-refractivity contribution in [2.24, 2.45) is 0 Å². The fourth-order valence-electron chi connectivity index (χ4n) is 4.45. The van der Waals surface area contributed by atoms with Crippen molar-refractivity contribution < 1.29 is 9.53 Å². The van der Waals surface area contributed by atoms with E-state index >= 15 is 0 Å². The molecule has 1 fully saturated rings. The maximum absolute atomic E-state index is 13.1. The van der Waals surface area contributed by atoms with Crippen LogP contribution in [0.4, 0.5) is 0 Å². The predicted molar refractivity (Wildman–Crippen MR) is 124 cm³/mol. The monoisotopic (exact) mass is 439 g/mol. The van der Waals surface area contributed by atoms with Crippen LogP contribution in [0, 0.1) is 6.92 Å². The molecule has 2 aliphatic heterocycles. The molecule has 1 aromatic heterocycles. The Bertz CT molecular complexity index is 932. The van der Waals surface area contributed by atoms with Crippen molar-refractivity contribution in [3.63, 3.8) is 0 Å². The summed E-state index contributed by atoms with van der Waals surface area (Å²) in [5, 5.41) is 0. The Kier molecular flexibility index (Phi) is 7.25. The van der Waals surface area contributed by atoms with Crippen LogP contribution in [-0.2, 0) is 0 Å². The molecular weight excluding hydrogens is 410 g/mol. The number of rotatable bonds is 7. The molecule has 0 aliphatic carbocycles. The van der Waals surface area contributed by atoms with Crippen LogP contribution in [0.3, 0.4) is 0 Å². The molecule has 31 heavy (non-hydrogen) atoms. The Balaban J connectivity index is 1.32. The first-order valence-corrected chi connectivity index (χ1v) is 11.7. The van der Waals surface area contributed by atoms with Crippen molar-refractivity contribution in [2.45, 2.75) is 38.5 Å². The summed E-state index contributed by atoms with van der Waals surface area (Å²) in [6.07, 6.45) is 7.88. The minimum Gasteiger partial charge on any atom is -0.462 e. The number of alkyl halides is 1. The van der Waals surface area contributed by atoms with Gasteiger partial charge in [-0.15, -0.1) is 11.6 Å². The van der Waals surface area contributed by atoms with Gasteiger partial charge in [0.15, 0.2) is 0 Å². The fraction of sp³-hybridized carbons (Fsp3) is 0.440. The van der Waals surface area contributed by atoms with Crippen LogP contribution in [0.5, 0.6) is 5.75 Å². The zero-order valence-electron chi connectivity index (χ0n) is 18.1. The topological polar surface area (TPSA) is 45.7 Å². The highest BCUT2D eigenvalue weighted by Crippen LogP contribution is 2.28. The second kappa shape index (κ2) is 10.3. The molecule has 2 aromatic rings. The van der Waals surface area contributed by atoms with E-state index < -0.39 is 0 Å². The Morgan fingerprint density at radius 1 is 1.19 bits per heavy atom. The third kappa shape index (κ3) is 5.28. The Hall–Kier alpha value is -2.37. The van der Waals surface area contributed by atoms with Gasteiger partial charge in [0.05, 0.1) is 17.1 Å². The van der Waals surface area contributed by atoms with E-state index in [4.69, 9.17) is 16.3 Å². The van der Waals surface area contributed by atoms with Crippen molar-refractivity contribution in [3.05, 3.63) is 71.4 Å². The van der Waals surface area contributed by atoms with E-state index in [9.17, 15) is 4.79 Å². The van der Waals surface area contributed by atoms with Crippen molar-refractivity contribution in [2.75, 3.05) is 32.1 Å². The van der Waals surface area contributed by atoms with Crippen molar-refractivity contribution >= 4 is 17.5 Å². The van der Waals surface area contributed by atoms with Gasteiger partial charge in [-0.05, 0) is 75.5 Å². The van der Waals surface area contributed by atoms with E-state index in [0.29, 0.717) is 29.5 Å². The second-order valence-corrected chi connectivity index (χ2v) is 8.69. The SMILES string of the molecule is Cc1ccc2c(c1)OC=C(CCl)N(CCCCN1CCCC(c3ccccn3)C1)C2=O. The number of pyridine rings is 1. The molecule has 1 unspecified atom stereocenters. The summed E-state index contributed by atoms with van der Waals surface area (Å²) in [5.41, 5.74) is 3.57. The number of benzene rings is 1. The zero-order chi connectivity index (χ0) is 21.6. The molecule has 4 rings (SSSR count). The van der Waals surface area contributed by atoms with Gasteiger partial charge in [0.2, 0.25) is 0 Å². The summed E-state index contributed by atoms with van der Waals surface area (Å²) < 4.78 is 5.77. The van der Waals surface area contributed by atoms with Crippen LogP contribution < -0.4 is 4.74 Å². The van der Waals surface area contributed by atoms with E-state index in [0.717, 1.165) is 38.0 Å². The number of nitrogens with zero attached hydrogens (tertiary/aromatic N) is 3. The lowest BCUT2D eigenvalue weighted by molar-refractivity contribution is 0.0804. The average molecular weight is 440 g/mol. The van der Waals surface area contributed by atoms with Gasteiger partial charge in [-0.3, -0.25) is 9.78 Å². The van der Waals surface area contributed by atoms with Gasteiger partial charge in [0.1, 0.15) is 12.0 Å². The first-order valence-electron chi connectivity index (χ1n) is 11.1. The normalized spacial score (nSPS) is 19.4. The molecule has 1 amide bonds. The number of allylic oxidation sites excluding steroid dienone is 1. The summed E-state index contributed by atoms with van der Waals surface area (Å²) >= 11 is 6.14. The number of carbonyl (C=O) groups is 1. The minimum absolute atomic E-state index is 0.0346. The molecule has 3 heterocycles. The van der Waals surface area contributed by atoms with Crippen molar-refractivity contribution in [1.82, 2.24) is 14.8 Å². The third-order valence-corrected chi connectivity index (χ3v) is 6.41. The number of piperidine rings is 1. The number of aryl methyl sites for hydroxylation is 1. The first-order chi connectivity index (χ1) is 15.2. The van der Waals surface area contributed by atoms with Crippen LogP contribution in [0.25, 0.3) is 0 Å². The zero-order valence-corrected chi connectivity index (χ0v) is 18.9. The number of hydrogen-bond donors (Lipinski definition) is 0. The van der Waals surface area contributed by atoms with E-state index in [1.165, 1.54) is 18.5 Å². The third-order valence-electron chi connectivity index (χ3n) is 6.14. The average Bonchev–Trinajstić information content (AvgIpc) is 2.93. The van der Waals surface area contributed by atoms with E-state index in [1.54, 1.807) is 11.2 Å². The number of fused-ring (bicyclic) bond motifs is 1. The lowest BCUT2D eigenvalue weighted by atomic mass is 9.94. The van der Waals surface area contributed by atoms with Gasteiger partial charge in [0, 0.05) is 30.9 Å². The summed E-state index contributed by atoms with van der Waals surface area (Å²) in [4.78, 5) is 22.0. The van der Waals surface area contributed by atoms with Gasteiger partial charge in [0.25, 0.3) is 5.91 Å². The standard InChI is InChI=1S/C25H30ClN3O2/c1-19-9-10-22-24(15-19)31-18-21(16-26)29(25(22)30)14-5-4-12-28-13-6-7-20(17-28)23-8-2-3-11-27-23/h2-3,8-11,15,18,20H,4-7,12-14,16-17H2,1H3. The van der Waals surface area contributed by atoms with Gasteiger partial charge >= 0.3 is 0 Å². The highest BCUT2D eigenvalue weighted by Gasteiger charge is 2.26. The lowest BCUT2D eigenvalue weighted by Crippen LogP contribution is -2.36. The molecule has 0 spiro atoms. The van der Waals surface area contributed by atoms with Crippen LogP contribution in [0.1, 0.15) is 53.2 Å². The van der Waals surface area contributed by atoms with Crippen molar-refractivity contribution in [1.29, 1.82) is 0 Å². The first kappa shape index (κ1) is 21.8. The van der Waals surface area contributed by atoms with Gasteiger partial charge in [-0.1, -0.05) is 12.1 Å². The number of carbonyl (C=O) groups excluding carboxylic acids is 1. The number of ether oxygens (including phenoxy) is 1. The summed E-state index contributed by atoms with van der Waals surface area (Å²) in [6, 6.07) is 11.9. The van der Waals surface area contributed by atoms with Crippen molar-refractivity contribution in [3.8, 4) is 5.75 Å². The van der Waals surface area contributed by atoms with Crippen LogP contribution in [-0.4, -0.2) is 52.8 Å². The second-order valence-electron chi connectivity index (χ2n) is 8.42. The van der Waals surface area contributed by atoms with Crippen LogP contribution >= 0.6 is 11.6 Å². The maximum atomic E-state index is 13.1. The number of amides is 1. The summed E-state index contributed by atoms with van der Waals surface area (Å²) in [7, 11) is 0. The predicted octanol–water partition coefficient (Wildman–Crippen LogP) is 4.96. The Morgan fingerprint density at radius 2 is 2.06 bits per heavy atom. The molecule has 2 aliphatic rings. The van der Waals surface area contributed by atoms with E-state index in [2.05, 4.69) is 22.0 Å². The molecule has 164 valence electrons. The van der Waals surface area contributed by atoms with E-state index in [-0.39, 0.29) is 11.8 Å². The molecule has 1 aromatic carbocycles.